The molecule has 2 saturated heterocycles. The highest BCUT2D eigenvalue weighted by Gasteiger charge is 2.35. The SMILES string of the molecule is CC(C)Oc1ccc(C(N)C2CN3CCCC3CO2)cc1. The summed E-state index contributed by atoms with van der Waals surface area (Å²) in [7, 11) is 0. The predicted octanol–water partition coefficient (Wildman–Crippen LogP) is 2.34. The van der Waals surface area contributed by atoms with Crippen molar-refractivity contribution in [2.45, 2.75) is 51.0 Å². The van der Waals surface area contributed by atoms with Crippen LogP contribution < -0.4 is 10.5 Å². The number of benzene rings is 1. The second kappa shape index (κ2) is 6.34. The van der Waals surface area contributed by atoms with E-state index >= 15 is 0 Å². The zero-order chi connectivity index (χ0) is 14.8. The van der Waals surface area contributed by atoms with Crippen molar-refractivity contribution in [1.29, 1.82) is 0 Å². The molecule has 0 bridgehead atoms. The normalized spacial score (nSPS) is 27.6. The van der Waals surface area contributed by atoms with E-state index in [-0.39, 0.29) is 18.2 Å². The van der Waals surface area contributed by atoms with Crippen molar-refractivity contribution in [2.24, 2.45) is 5.73 Å². The van der Waals surface area contributed by atoms with Crippen LogP contribution in [0, 0.1) is 0 Å². The van der Waals surface area contributed by atoms with Gasteiger partial charge >= 0.3 is 0 Å². The first-order valence-electron chi connectivity index (χ1n) is 8.01. The zero-order valence-electron chi connectivity index (χ0n) is 13.0. The van der Waals surface area contributed by atoms with Crippen molar-refractivity contribution in [3.63, 3.8) is 0 Å². The van der Waals surface area contributed by atoms with Crippen molar-refractivity contribution in [2.75, 3.05) is 19.7 Å². The molecule has 3 rings (SSSR count). The van der Waals surface area contributed by atoms with Crippen LogP contribution in [0.3, 0.4) is 0 Å². The molecule has 3 unspecified atom stereocenters. The van der Waals surface area contributed by atoms with Crippen LogP contribution in [0.4, 0.5) is 0 Å². The summed E-state index contributed by atoms with van der Waals surface area (Å²) in [6.45, 7) is 7.03. The van der Waals surface area contributed by atoms with Gasteiger partial charge in [-0.15, -0.1) is 0 Å². The lowest BCUT2D eigenvalue weighted by molar-refractivity contribution is -0.0597. The van der Waals surface area contributed by atoms with E-state index in [1.807, 2.05) is 26.0 Å². The Balaban J connectivity index is 1.63. The smallest absolute Gasteiger partial charge is 0.119 e. The molecule has 4 heteroatoms. The van der Waals surface area contributed by atoms with E-state index in [1.165, 1.54) is 19.4 Å². The van der Waals surface area contributed by atoms with E-state index in [0.29, 0.717) is 6.04 Å². The third-order valence-electron chi connectivity index (χ3n) is 4.45. The molecule has 0 amide bonds. The van der Waals surface area contributed by atoms with Gasteiger partial charge in [-0.1, -0.05) is 12.1 Å². The summed E-state index contributed by atoms with van der Waals surface area (Å²) < 4.78 is 11.7. The Bertz CT molecular complexity index is 460. The summed E-state index contributed by atoms with van der Waals surface area (Å²) in [4.78, 5) is 2.53. The Labute approximate surface area is 127 Å². The van der Waals surface area contributed by atoms with Crippen LogP contribution >= 0.6 is 0 Å². The van der Waals surface area contributed by atoms with Crippen LogP contribution in [0.15, 0.2) is 24.3 Å². The average Bonchev–Trinajstić information content (AvgIpc) is 2.94. The quantitative estimate of drug-likeness (QED) is 0.924. The first-order chi connectivity index (χ1) is 10.1. The first-order valence-corrected chi connectivity index (χ1v) is 8.01. The number of morpholine rings is 1. The first kappa shape index (κ1) is 14.8. The van der Waals surface area contributed by atoms with Crippen molar-refractivity contribution in [3.05, 3.63) is 29.8 Å². The minimum absolute atomic E-state index is 0.0698. The molecule has 1 aromatic carbocycles. The molecule has 2 heterocycles. The molecule has 0 spiro atoms. The Hall–Kier alpha value is -1.10. The molecule has 2 aliphatic heterocycles. The highest BCUT2D eigenvalue weighted by atomic mass is 16.5. The molecular formula is C17H26N2O2. The van der Waals surface area contributed by atoms with E-state index in [4.69, 9.17) is 15.2 Å². The lowest BCUT2D eigenvalue weighted by Gasteiger charge is -2.37. The van der Waals surface area contributed by atoms with Crippen molar-refractivity contribution >= 4 is 0 Å². The fourth-order valence-corrected chi connectivity index (χ4v) is 3.32. The maximum Gasteiger partial charge on any atom is 0.119 e. The monoisotopic (exact) mass is 290 g/mol. The van der Waals surface area contributed by atoms with Crippen LogP contribution in [-0.2, 0) is 4.74 Å². The minimum atomic E-state index is -0.0698. The maximum atomic E-state index is 6.41. The number of hydrogen-bond acceptors (Lipinski definition) is 4. The average molecular weight is 290 g/mol. The molecule has 0 aromatic heterocycles. The van der Waals surface area contributed by atoms with Crippen LogP contribution in [0.1, 0.15) is 38.3 Å². The van der Waals surface area contributed by atoms with Crippen molar-refractivity contribution in [3.8, 4) is 5.75 Å². The van der Waals surface area contributed by atoms with Gasteiger partial charge in [0.1, 0.15) is 5.75 Å². The van der Waals surface area contributed by atoms with Crippen molar-refractivity contribution in [1.82, 2.24) is 4.90 Å². The van der Waals surface area contributed by atoms with E-state index < -0.39 is 0 Å². The summed E-state index contributed by atoms with van der Waals surface area (Å²) in [6.07, 6.45) is 2.84. The van der Waals surface area contributed by atoms with Gasteiger partial charge in [-0.3, -0.25) is 4.90 Å². The van der Waals surface area contributed by atoms with Crippen LogP contribution in [0.5, 0.6) is 5.75 Å². The fraction of sp³-hybridized carbons (Fsp3) is 0.647. The van der Waals surface area contributed by atoms with Crippen molar-refractivity contribution < 1.29 is 9.47 Å². The molecule has 1 aromatic rings. The van der Waals surface area contributed by atoms with E-state index in [2.05, 4.69) is 17.0 Å². The van der Waals surface area contributed by atoms with E-state index in [0.717, 1.165) is 24.5 Å². The molecule has 3 atom stereocenters. The molecule has 2 aliphatic rings. The second-order valence-electron chi connectivity index (χ2n) is 6.42. The van der Waals surface area contributed by atoms with Gasteiger partial charge in [-0.05, 0) is 50.9 Å². The molecule has 0 saturated carbocycles. The number of fused-ring (bicyclic) bond motifs is 1. The minimum Gasteiger partial charge on any atom is -0.491 e. The molecule has 4 nitrogen and oxygen atoms in total. The number of nitrogens with zero attached hydrogens (tertiary/aromatic N) is 1. The Morgan fingerprint density at radius 3 is 2.76 bits per heavy atom. The predicted molar refractivity (Wildman–Crippen MR) is 83.5 cm³/mol. The second-order valence-corrected chi connectivity index (χ2v) is 6.42. The van der Waals surface area contributed by atoms with Gasteiger partial charge < -0.3 is 15.2 Å². The summed E-state index contributed by atoms with van der Waals surface area (Å²) in [5, 5.41) is 0. The lowest BCUT2D eigenvalue weighted by Crippen LogP contribution is -2.49. The molecule has 0 aliphatic carbocycles. The highest BCUT2D eigenvalue weighted by Crippen LogP contribution is 2.28. The summed E-state index contributed by atoms with van der Waals surface area (Å²) in [5.41, 5.74) is 7.53. The Morgan fingerprint density at radius 1 is 1.29 bits per heavy atom. The van der Waals surface area contributed by atoms with Crippen LogP contribution in [0.2, 0.25) is 0 Å². The molecule has 21 heavy (non-hydrogen) atoms. The summed E-state index contributed by atoms with van der Waals surface area (Å²) >= 11 is 0. The summed E-state index contributed by atoms with van der Waals surface area (Å²) in [6, 6.07) is 8.66. The van der Waals surface area contributed by atoms with E-state index in [9.17, 15) is 0 Å². The van der Waals surface area contributed by atoms with Gasteiger partial charge in [0.15, 0.2) is 0 Å². The van der Waals surface area contributed by atoms with Gasteiger partial charge in [0.25, 0.3) is 0 Å². The van der Waals surface area contributed by atoms with Gasteiger partial charge in [-0.2, -0.15) is 0 Å². The largest absolute Gasteiger partial charge is 0.491 e. The third-order valence-corrected chi connectivity index (χ3v) is 4.45. The molecular weight excluding hydrogens is 264 g/mol. The fourth-order valence-electron chi connectivity index (χ4n) is 3.32. The van der Waals surface area contributed by atoms with Gasteiger partial charge in [-0.25, -0.2) is 0 Å². The molecule has 2 N–H and O–H groups in total. The van der Waals surface area contributed by atoms with Crippen LogP contribution in [-0.4, -0.2) is 42.8 Å². The Morgan fingerprint density at radius 2 is 2.05 bits per heavy atom. The highest BCUT2D eigenvalue weighted by molar-refractivity contribution is 5.30. The number of ether oxygens (including phenoxy) is 2. The van der Waals surface area contributed by atoms with Crippen LogP contribution in [0.25, 0.3) is 0 Å². The van der Waals surface area contributed by atoms with Gasteiger partial charge in [0, 0.05) is 12.6 Å². The topological polar surface area (TPSA) is 47.7 Å². The third kappa shape index (κ3) is 3.39. The molecule has 2 fully saturated rings. The molecule has 0 radical (unpaired) electrons. The number of nitrogens with two attached hydrogens (primary N) is 1. The molecule has 116 valence electrons. The van der Waals surface area contributed by atoms with Gasteiger partial charge in [0.05, 0.1) is 24.9 Å². The van der Waals surface area contributed by atoms with Gasteiger partial charge in [0.2, 0.25) is 0 Å². The lowest BCUT2D eigenvalue weighted by atomic mass is 10.00. The number of hydrogen-bond donors (Lipinski definition) is 1. The van der Waals surface area contributed by atoms with E-state index in [1.54, 1.807) is 0 Å². The standard InChI is InChI=1S/C17H26N2O2/c1-12(2)21-15-7-5-13(6-8-15)17(18)16-10-19-9-3-4-14(19)11-20-16/h5-8,12,14,16-17H,3-4,9-11,18H2,1-2H3. The summed E-state index contributed by atoms with van der Waals surface area (Å²) in [5.74, 6) is 0.894. The number of rotatable bonds is 4. The zero-order valence-corrected chi connectivity index (χ0v) is 13.0. The maximum absolute atomic E-state index is 6.41. The Kier molecular flexibility index (Phi) is 4.48.